The van der Waals surface area contributed by atoms with Gasteiger partial charge >= 0.3 is 0 Å². The maximum Gasteiger partial charge on any atom is 0.0521 e. The van der Waals surface area contributed by atoms with Gasteiger partial charge in [0.1, 0.15) is 0 Å². The van der Waals surface area contributed by atoms with E-state index < -0.39 is 0 Å². The van der Waals surface area contributed by atoms with Gasteiger partial charge in [-0.2, -0.15) is 5.10 Å². The Kier molecular flexibility index (Phi) is 4.21. The highest BCUT2D eigenvalue weighted by Gasteiger charge is 2.32. The van der Waals surface area contributed by atoms with E-state index in [0.717, 1.165) is 24.8 Å². The zero-order valence-corrected chi connectivity index (χ0v) is 11.3. The average Bonchev–Trinajstić information content (AvgIpc) is 3.08. The molecule has 0 amide bonds. The minimum absolute atomic E-state index is 0.674. The molecule has 17 heavy (non-hydrogen) atoms. The summed E-state index contributed by atoms with van der Waals surface area (Å²) < 4.78 is 1.89. The Bertz CT molecular complexity index is 341. The summed E-state index contributed by atoms with van der Waals surface area (Å²) in [6, 6.07) is 0.674. The number of hydrogen-bond acceptors (Lipinski definition) is 2. The van der Waals surface area contributed by atoms with Crippen LogP contribution in [0.25, 0.3) is 0 Å². The van der Waals surface area contributed by atoms with E-state index in [1.165, 1.54) is 24.8 Å². The molecule has 1 aromatic rings. The fourth-order valence-electron chi connectivity index (χ4n) is 2.69. The standard InChI is InChI=1S/C14H25N3/c1-4-15-14(11(2)13-6-7-13)8-5-12-9-16-17(3)10-12/h9-11,13-15H,4-8H2,1-3H3. The summed E-state index contributed by atoms with van der Waals surface area (Å²) in [7, 11) is 1.98. The molecule has 0 aliphatic heterocycles. The highest BCUT2D eigenvalue weighted by atomic mass is 15.2. The lowest BCUT2D eigenvalue weighted by atomic mass is 9.92. The summed E-state index contributed by atoms with van der Waals surface area (Å²) in [5.41, 5.74) is 1.36. The van der Waals surface area contributed by atoms with Gasteiger partial charge in [0.2, 0.25) is 0 Å². The highest BCUT2D eigenvalue weighted by Crippen LogP contribution is 2.39. The van der Waals surface area contributed by atoms with Crippen molar-refractivity contribution in [3.05, 3.63) is 18.0 Å². The topological polar surface area (TPSA) is 29.9 Å². The molecule has 96 valence electrons. The molecule has 2 rings (SSSR count). The van der Waals surface area contributed by atoms with Gasteiger partial charge in [-0.05, 0) is 49.6 Å². The number of hydrogen-bond donors (Lipinski definition) is 1. The molecule has 1 heterocycles. The number of rotatable bonds is 7. The summed E-state index contributed by atoms with van der Waals surface area (Å²) in [5.74, 6) is 1.81. The van der Waals surface area contributed by atoms with Crippen molar-refractivity contribution in [2.75, 3.05) is 6.54 Å². The van der Waals surface area contributed by atoms with Crippen molar-refractivity contribution in [1.29, 1.82) is 0 Å². The summed E-state index contributed by atoms with van der Waals surface area (Å²) in [6.45, 7) is 5.69. The second-order valence-corrected chi connectivity index (χ2v) is 5.42. The molecule has 0 aromatic carbocycles. The third kappa shape index (κ3) is 3.56. The van der Waals surface area contributed by atoms with Crippen molar-refractivity contribution in [1.82, 2.24) is 15.1 Å². The van der Waals surface area contributed by atoms with Crippen LogP contribution in [0.1, 0.15) is 38.7 Å². The Morgan fingerprint density at radius 2 is 2.29 bits per heavy atom. The molecular formula is C14H25N3. The zero-order chi connectivity index (χ0) is 12.3. The largest absolute Gasteiger partial charge is 0.314 e. The van der Waals surface area contributed by atoms with Crippen molar-refractivity contribution < 1.29 is 0 Å². The third-order valence-electron chi connectivity index (χ3n) is 3.97. The van der Waals surface area contributed by atoms with E-state index in [1.54, 1.807) is 0 Å². The van der Waals surface area contributed by atoms with E-state index in [-0.39, 0.29) is 0 Å². The lowest BCUT2D eigenvalue weighted by molar-refractivity contribution is 0.330. The van der Waals surface area contributed by atoms with Crippen molar-refractivity contribution in [3.63, 3.8) is 0 Å². The van der Waals surface area contributed by atoms with Crippen LogP contribution in [0.4, 0.5) is 0 Å². The average molecular weight is 235 g/mol. The molecule has 0 radical (unpaired) electrons. The summed E-state index contributed by atoms with van der Waals surface area (Å²) in [4.78, 5) is 0. The SMILES string of the molecule is CCNC(CCc1cnn(C)c1)C(C)C1CC1. The molecule has 2 unspecified atom stereocenters. The second kappa shape index (κ2) is 5.67. The third-order valence-corrected chi connectivity index (χ3v) is 3.97. The van der Waals surface area contributed by atoms with Gasteiger partial charge in [-0.1, -0.05) is 13.8 Å². The van der Waals surface area contributed by atoms with E-state index in [9.17, 15) is 0 Å². The summed E-state index contributed by atoms with van der Waals surface area (Å²) in [5, 5.41) is 7.88. The summed E-state index contributed by atoms with van der Waals surface area (Å²) in [6.07, 6.45) is 9.38. The molecule has 0 bridgehead atoms. The number of nitrogens with zero attached hydrogens (tertiary/aromatic N) is 2. The molecule has 2 atom stereocenters. The molecule has 0 saturated heterocycles. The van der Waals surface area contributed by atoms with Crippen LogP contribution in [0.2, 0.25) is 0 Å². The molecular weight excluding hydrogens is 210 g/mol. The van der Waals surface area contributed by atoms with Crippen molar-refractivity contribution in [2.45, 2.75) is 45.6 Å². The van der Waals surface area contributed by atoms with Gasteiger partial charge in [0.25, 0.3) is 0 Å². The number of nitrogens with one attached hydrogen (secondary N) is 1. The maximum absolute atomic E-state index is 4.23. The van der Waals surface area contributed by atoms with E-state index in [1.807, 2.05) is 17.9 Å². The first-order valence-corrected chi connectivity index (χ1v) is 6.91. The van der Waals surface area contributed by atoms with E-state index in [4.69, 9.17) is 0 Å². The predicted octanol–water partition coefficient (Wildman–Crippen LogP) is 2.38. The van der Waals surface area contributed by atoms with Gasteiger partial charge in [0.15, 0.2) is 0 Å². The van der Waals surface area contributed by atoms with Gasteiger partial charge in [-0.25, -0.2) is 0 Å². The minimum Gasteiger partial charge on any atom is -0.314 e. The Hall–Kier alpha value is -0.830. The van der Waals surface area contributed by atoms with Crippen LogP contribution in [-0.2, 0) is 13.5 Å². The lowest BCUT2D eigenvalue weighted by Crippen LogP contribution is -2.36. The Labute approximate surface area is 105 Å². The molecule has 1 aromatic heterocycles. The van der Waals surface area contributed by atoms with Gasteiger partial charge in [0, 0.05) is 19.3 Å². The number of aryl methyl sites for hydroxylation is 2. The van der Waals surface area contributed by atoms with Gasteiger partial charge in [0.05, 0.1) is 6.20 Å². The van der Waals surface area contributed by atoms with Crippen LogP contribution < -0.4 is 5.32 Å². The molecule has 1 N–H and O–H groups in total. The van der Waals surface area contributed by atoms with Crippen molar-refractivity contribution >= 4 is 0 Å². The maximum atomic E-state index is 4.23. The van der Waals surface area contributed by atoms with Crippen LogP contribution in [0.15, 0.2) is 12.4 Å². The minimum atomic E-state index is 0.674. The first kappa shape index (κ1) is 12.6. The first-order chi connectivity index (χ1) is 8.20. The fourth-order valence-corrected chi connectivity index (χ4v) is 2.69. The predicted molar refractivity (Wildman–Crippen MR) is 70.9 cm³/mol. The molecule has 3 nitrogen and oxygen atoms in total. The van der Waals surface area contributed by atoms with Crippen molar-refractivity contribution in [3.8, 4) is 0 Å². The fraction of sp³-hybridized carbons (Fsp3) is 0.786. The lowest BCUT2D eigenvalue weighted by Gasteiger charge is -2.24. The van der Waals surface area contributed by atoms with Crippen LogP contribution in [0, 0.1) is 11.8 Å². The van der Waals surface area contributed by atoms with E-state index in [2.05, 4.69) is 30.5 Å². The summed E-state index contributed by atoms with van der Waals surface area (Å²) >= 11 is 0. The molecule has 1 fully saturated rings. The second-order valence-electron chi connectivity index (χ2n) is 5.42. The molecule has 3 heteroatoms. The van der Waals surface area contributed by atoms with Crippen molar-refractivity contribution in [2.24, 2.45) is 18.9 Å². The molecule has 0 spiro atoms. The van der Waals surface area contributed by atoms with Crippen LogP contribution >= 0.6 is 0 Å². The molecule has 1 saturated carbocycles. The normalized spacial score (nSPS) is 19.2. The van der Waals surface area contributed by atoms with Crippen LogP contribution in [-0.4, -0.2) is 22.4 Å². The monoisotopic (exact) mass is 235 g/mol. The Morgan fingerprint density at radius 3 is 2.82 bits per heavy atom. The first-order valence-electron chi connectivity index (χ1n) is 6.91. The van der Waals surface area contributed by atoms with Crippen LogP contribution in [0.5, 0.6) is 0 Å². The van der Waals surface area contributed by atoms with E-state index in [0.29, 0.717) is 6.04 Å². The van der Waals surface area contributed by atoms with Gasteiger partial charge in [-0.3, -0.25) is 4.68 Å². The molecule has 1 aliphatic carbocycles. The Morgan fingerprint density at radius 1 is 1.53 bits per heavy atom. The van der Waals surface area contributed by atoms with E-state index >= 15 is 0 Å². The van der Waals surface area contributed by atoms with Crippen LogP contribution in [0.3, 0.4) is 0 Å². The van der Waals surface area contributed by atoms with Gasteiger partial charge < -0.3 is 5.32 Å². The highest BCUT2D eigenvalue weighted by molar-refractivity contribution is 5.04. The molecule has 1 aliphatic rings. The van der Waals surface area contributed by atoms with Gasteiger partial charge in [-0.15, -0.1) is 0 Å². The Balaban J connectivity index is 1.84. The number of aromatic nitrogens is 2. The quantitative estimate of drug-likeness (QED) is 0.786. The smallest absolute Gasteiger partial charge is 0.0521 e. The zero-order valence-electron chi connectivity index (χ0n) is 11.3.